The van der Waals surface area contributed by atoms with Crippen LogP contribution in [0.1, 0.15) is 24.5 Å². The molecule has 0 radical (unpaired) electrons. The SMILES string of the molecule is CCCc1ccccc1-c1cnc(NC)c(C)c1. The van der Waals surface area contributed by atoms with Gasteiger partial charge in [0.25, 0.3) is 0 Å². The largest absolute Gasteiger partial charge is 0.373 e. The summed E-state index contributed by atoms with van der Waals surface area (Å²) >= 11 is 0. The van der Waals surface area contributed by atoms with Crippen LogP contribution >= 0.6 is 0 Å². The van der Waals surface area contributed by atoms with Crippen LogP contribution in [0.3, 0.4) is 0 Å². The standard InChI is InChI=1S/C16H20N2/c1-4-7-13-8-5-6-9-15(13)14-10-12(2)16(17-3)18-11-14/h5-6,8-11H,4,7H2,1-3H3,(H,17,18). The minimum absolute atomic E-state index is 0.951. The Balaban J connectivity index is 2.45. The molecule has 0 amide bonds. The van der Waals surface area contributed by atoms with E-state index in [2.05, 4.69) is 54.5 Å². The van der Waals surface area contributed by atoms with Crippen molar-refractivity contribution in [1.82, 2.24) is 4.98 Å². The summed E-state index contributed by atoms with van der Waals surface area (Å²) in [5.41, 5.74) is 5.09. The van der Waals surface area contributed by atoms with Crippen LogP contribution in [-0.4, -0.2) is 12.0 Å². The molecule has 94 valence electrons. The van der Waals surface area contributed by atoms with Crippen molar-refractivity contribution in [3.63, 3.8) is 0 Å². The number of pyridine rings is 1. The molecule has 2 aromatic rings. The molecule has 2 rings (SSSR count). The lowest BCUT2D eigenvalue weighted by Crippen LogP contribution is -1.96. The molecule has 18 heavy (non-hydrogen) atoms. The number of rotatable bonds is 4. The Morgan fingerprint density at radius 3 is 2.67 bits per heavy atom. The van der Waals surface area contributed by atoms with Crippen molar-refractivity contribution in [3.05, 3.63) is 47.7 Å². The van der Waals surface area contributed by atoms with E-state index in [1.807, 2.05) is 13.2 Å². The normalized spacial score (nSPS) is 10.4. The molecule has 1 N–H and O–H groups in total. The number of aryl methyl sites for hydroxylation is 2. The number of aromatic nitrogens is 1. The molecule has 1 aromatic carbocycles. The minimum Gasteiger partial charge on any atom is -0.373 e. The smallest absolute Gasteiger partial charge is 0.128 e. The van der Waals surface area contributed by atoms with Gasteiger partial charge in [0, 0.05) is 18.8 Å². The van der Waals surface area contributed by atoms with Crippen LogP contribution in [0.25, 0.3) is 11.1 Å². The van der Waals surface area contributed by atoms with Crippen LogP contribution in [-0.2, 0) is 6.42 Å². The molecule has 0 aliphatic heterocycles. The topological polar surface area (TPSA) is 24.9 Å². The fourth-order valence-corrected chi connectivity index (χ4v) is 2.27. The van der Waals surface area contributed by atoms with Crippen molar-refractivity contribution in [3.8, 4) is 11.1 Å². The van der Waals surface area contributed by atoms with Gasteiger partial charge in [-0.05, 0) is 36.1 Å². The average molecular weight is 240 g/mol. The van der Waals surface area contributed by atoms with Gasteiger partial charge in [-0.1, -0.05) is 37.6 Å². The van der Waals surface area contributed by atoms with Gasteiger partial charge >= 0.3 is 0 Å². The summed E-state index contributed by atoms with van der Waals surface area (Å²) in [4.78, 5) is 4.46. The van der Waals surface area contributed by atoms with Crippen molar-refractivity contribution in [1.29, 1.82) is 0 Å². The Bertz CT molecular complexity index is 532. The third-order valence-corrected chi connectivity index (χ3v) is 3.16. The summed E-state index contributed by atoms with van der Waals surface area (Å²) < 4.78 is 0. The highest BCUT2D eigenvalue weighted by Crippen LogP contribution is 2.26. The number of nitrogens with one attached hydrogen (secondary N) is 1. The van der Waals surface area contributed by atoms with Crippen LogP contribution < -0.4 is 5.32 Å². The van der Waals surface area contributed by atoms with Gasteiger partial charge in [-0.15, -0.1) is 0 Å². The minimum atomic E-state index is 0.951. The Morgan fingerprint density at radius 1 is 1.22 bits per heavy atom. The highest BCUT2D eigenvalue weighted by Gasteiger charge is 2.06. The van der Waals surface area contributed by atoms with Crippen LogP contribution in [0.4, 0.5) is 5.82 Å². The molecule has 1 heterocycles. The zero-order valence-corrected chi connectivity index (χ0v) is 11.3. The molecule has 0 atom stereocenters. The Hall–Kier alpha value is -1.83. The average Bonchev–Trinajstić information content (AvgIpc) is 2.40. The van der Waals surface area contributed by atoms with Crippen molar-refractivity contribution in [2.45, 2.75) is 26.7 Å². The summed E-state index contributed by atoms with van der Waals surface area (Å²) in [6, 6.07) is 10.8. The predicted molar refractivity (Wildman–Crippen MR) is 78.0 cm³/mol. The van der Waals surface area contributed by atoms with Gasteiger partial charge in [-0.25, -0.2) is 4.98 Å². The summed E-state index contributed by atoms with van der Waals surface area (Å²) in [5.74, 6) is 0.951. The molecular formula is C16H20N2. The van der Waals surface area contributed by atoms with Crippen molar-refractivity contribution in [2.24, 2.45) is 0 Å². The van der Waals surface area contributed by atoms with E-state index in [1.165, 1.54) is 22.3 Å². The third kappa shape index (κ3) is 2.53. The molecule has 0 unspecified atom stereocenters. The number of hydrogen-bond acceptors (Lipinski definition) is 2. The van der Waals surface area contributed by atoms with Crippen LogP contribution in [0.2, 0.25) is 0 Å². The third-order valence-electron chi connectivity index (χ3n) is 3.16. The number of anilines is 1. The highest BCUT2D eigenvalue weighted by molar-refractivity contribution is 5.69. The fourth-order valence-electron chi connectivity index (χ4n) is 2.27. The summed E-state index contributed by atoms with van der Waals surface area (Å²) in [6.07, 6.45) is 4.23. The van der Waals surface area contributed by atoms with Crippen molar-refractivity contribution >= 4 is 5.82 Å². The first kappa shape index (κ1) is 12.6. The summed E-state index contributed by atoms with van der Waals surface area (Å²) in [7, 11) is 1.90. The van der Waals surface area contributed by atoms with Gasteiger partial charge in [0.2, 0.25) is 0 Å². The lowest BCUT2D eigenvalue weighted by atomic mass is 9.97. The van der Waals surface area contributed by atoms with E-state index >= 15 is 0 Å². The number of hydrogen-bond donors (Lipinski definition) is 1. The van der Waals surface area contributed by atoms with E-state index in [1.54, 1.807) is 0 Å². The maximum Gasteiger partial charge on any atom is 0.128 e. The highest BCUT2D eigenvalue weighted by atomic mass is 15.0. The van der Waals surface area contributed by atoms with E-state index in [0.717, 1.165) is 18.7 Å². The Kier molecular flexibility index (Phi) is 3.98. The molecule has 0 aliphatic carbocycles. The van der Waals surface area contributed by atoms with Crippen LogP contribution in [0.5, 0.6) is 0 Å². The van der Waals surface area contributed by atoms with Gasteiger partial charge in [0.15, 0.2) is 0 Å². The molecule has 0 aliphatic rings. The monoisotopic (exact) mass is 240 g/mol. The molecule has 2 nitrogen and oxygen atoms in total. The first-order valence-corrected chi connectivity index (χ1v) is 6.49. The maximum absolute atomic E-state index is 4.46. The van der Waals surface area contributed by atoms with Gasteiger partial charge in [-0.2, -0.15) is 0 Å². The van der Waals surface area contributed by atoms with Gasteiger partial charge < -0.3 is 5.32 Å². The van der Waals surface area contributed by atoms with Gasteiger partial charge in [0.05, 0.1) is 0 Å². The van der Waals surface area contributed by atoms with Crippen molar-refractivity contribution in [2.75, 3.05) is 12.4 Å². The van der Waals surface area contributed by atoms with Crippen LogP contribution in [0.15, 0.2) is 36.5 Å². The zero-order chi connectivity index (χ0) is 13.0. The van der Waals surface area contributed by atoms with E-state index in [4.69, 9.17) is 0 Å². The maximum atomic E-state index is 4.46. The molecule has 0 bridgehead atoms. The second kappa shape index (κ2) is 5.67. The molecule has 0 saturated heterocycles. The second-order valence-electron chi connectivity index (χ2n) is 4.55. The second-order valence-corrected chi connectivity index (χ2v) is 4.55. The Morgan fingerprint density at radius 2 is 2.00 bits per heavy atom. The quantitative estimate of drug-likeness (QED) is 0.872. The summed E-state index contributed by atoms with van der Waals surface area (Å²) in [5, 5.41) is 3.10. The fraction of sp³-hybridized carbons (Fsp3) is 0.312. The van der Waals surface area contributed by atoms with E-state index < -0.39 is 0 Å². The molecular weight excluding hydrogens is 220 g/mol. The summed E-state index contributed by atoms with van der Waals surface area (Å²) in [6.45, 7) is 4.30. The first-order chi connectivity index (χ1) is 8.76. The molecule has 1 aromatic heterocycles. The zero-order valence-electron chi connectivity index (χ0n) is 11.3. The molecule has 0 saturated carbocycles. The molecule has 0 fully saturated rings. The van der Waals surface area contributed by atoms with E-state index in [-0.39, 0.29) is 0 Å². The molecule has 0 spiro atoms. The lowest BCUT2D eigenvalue weighted by molar-refractivity contribution is 0.923. The van der Waals surface area contributed by atoms with E-state index in [9.17, 15) is 0 Å². The Labute approximate surface area is 109 Å². The number of benzene rings is 1. The van der Waals surface area contributed by atoms with E-state index in [0.29, 0.717) is 0 Å². The first-order valence-electron chi connectivity index (χ1n) is 6.49. The number of nitrogens with zero attached hydrogens (tertiary/aromatic N) is 1. The predicted octanol–water partition coefficient (Wildman–Crippen LogP) is 4.05. The van der Waals surface area contributed by atoms with Gasteiger partial charge in [-0.3, -0.25) is 0 Å². The lowest BCUT2D eigenvalue weighted by Gasteiger charge is -2.11. The van der Waals surface area contributed by atoms with Gasteiger partial charge in [0.1, 0.15) is 5.82 Å². The van der Waals surface area contributed by atoms with Crippen molar-refractivity contribution < 1.29 is 0 Å². The molecule has 2 heteroatoms. The van der Waals surface area contributed by atoms with Crippen LogP contribution in [0, 0.1) is 6.92 Å².